The van der Waals surface area contributed by atoms with Crippen LogP contribution in [-0.4, -0.2) is 37.8 Å². The van der Waals surface area contributed by atoms with Gasteiger partial charge in [-0.2, -0.15) is 4.31 Å². The fraction of sp³-hybridized carbons (Fsp3) is 0.500. The number of carbonyl (C=O) groups excluding carboxylic acids is 1. The Morgan fingerprint density at radius 3 is 2.44 bits per heavy atom. The minimum absolute atomic E-state index is 0.0405. The number of carbonyl (C=O) groups is 1. The average Bonchev–Trinajstić information content (AvgIpc) is 2.92. The van der Waals surface area contributed by atoms with Gasteiger partial charge in [-0.1, -0.05) is 20.8 Å². The Hall–Kier alpha value is -1.86. The number of hydrogen-bond acceptors (Lipinski definition) is 4. The molecule has 1 amide bonds. The van der Waals surface area contributed by atoms with Gasteiger partial charge in [0.15, 0.2) is 5.76 Å². The molecule has 0 spiro atoms. The van der Waals surface area contributed by atoms with Gasteiger partial charge in [-0.3, -0.25) is 4.79 Å². The van der Waals surface area contributed by atoms with E-state index in [1.54, 1.807) is 32.9 Å². The maximum absolute atomic E-state index is 12.7. The van der Waals surface area contributed by atoms with Crippen molar-refractivity contribution >= 4 is 26.9 Å². The van der Waals surface area contributed by atoms with Crippen molar-refractivity contribution in [2.75, 3.05) is 13.1 Å². The van der Waals surface area contributed by atoms with Gasteiger partial charge in [-0.05, 0) is 38.5 Å². The molecule has 0 saturated heterocycles. The summed E-state index contributed by atoms with van der Waals surface area (Å²) < 4.78 is 32.5. The SMILES string of the molecule is CCC(C)NC(=O)c1oc2ccc(S(=O)(=O)N(CC)CC)cc2c1C. The number of aryl methyl sites for hydroxylation is 1. The van der Waals surface area contributed by atoms with Crippen molar-refractivity contribution < 1.29 is 17.6 Å². The summed E-state index contributed by atoms with van der Waals surface area (Å²) in [4.78, 5) is 12.6. The highest BCUT2D eigenvalue weighted by Crippen LogP contribution is 2.29. The first-order valence-corrected chi connectivity index (χ1v) is 10.0. The highest BCUT2D eigenvalue weighted by molar-refractivity contribution is 7.89. The average molecular weight is 366 g/mol. The van der Waals surface area contributed by atoms with Crippen molar-refractivity contribution in [3.8, 4) is 0 Å². The van der Waals surface area contributed by atoms with Crippen LogP contribution in [0, 0.1) is 6.92 Å². The standard InChI is InChI=1S/C18H26N2O4S/c1-6-12(4)19-18(21)17-13(5)15-11-14(9-10-16(15)24-17)25(22,23)20(7-2)8-3/h9-12H,6-8H2,1-5H3,(H,19,21). The summed E-state index contributed by atoms with van der Waals surface area (Å²) >= 11 is 0. The molecule has 1 aromatic heterocycles. The molecular formula is C18H26N2O4S. The fourth-order valence-electron chi connectivity index (χ4n) is 2.68. The van der Waals surface area contributed by atoms with Crippen LogP contribution in [-0.2, 0) is 10.0 Å². The van der Waals surface area contributed by atoms with Gasteiger partial charge in [0.1, 0.15) is 5.58 Å². The summed E-state index contributed by atoms with van der Waals surface area (Å²) in [6.45, 7) is 10.1. The molecule has 1 aromatic carbocycles. The van der Waals surface area contributed by atoms with Crippen LogP contribution in [0.2, 0.25) is 0 Å². The quantitative estimate of drug-likeness (QED) is 0.815. The molecule has 6 nitrogen and oxygen atoms in total. The lowest BCUT2D eigenvalue weighted by Gasteiger charge is -2.18. The Balaban J connectivity index is 2.48. The van der Waals surface area contributed by atoms with Gasteiger partial charge in [0.25, 0.3) is 5.91 Å². The van der Waals surface area contributed by atoms with E-state index in [1.807, 2.05) is 13.8 Å². The van der Waals surface area contributed by atoms with Gasteiger partial charge in [0.05, 0.1) is 4.90 Å². The van der Waals surface area contributed by atoms with Gasteiger partial charge < -0.3 is 9.73 Å². The van der Waals surface area contributed by atoms with E-state index in [9.17, 15) is 13.2 Å². The first-order valence-electron chi connectivity index (χ1n) is 8.60. The second kappa shape index (κ2) is 7.58. The molecule has 2 aromatic rings. The van der Waals surface area contributed by atoms with Crippen molar-refractivity contribution in [1.29, 1.82) is 0 Å². The number of sulfonamides is 1. The Bertz CT molecular complexity index is 867. The molecule has 25 heavy (non-hydrogen) atoms. The van der Waals surface area contributed by atoms with Crippen molar-refractivity contribution in [3.63, 3.8) is 0 Å². The van der Waals surface area contributed by atoms with Crippen LogP contribution in [0.4, 0.5) is 0 Å². The molecule has 0 saturated carbocycles. The second-order valence-electron chi connectivity index (χ2n) is 6.09. The van der Waals surface area contributed by atoms with E-state index < -0.39 is 10.0 Å². The fourth-order valence-corrected chi connectivity index (χ4v) is 4.17. The summed E-state index contributed by atoms with van der Waals surface area (Å²) in [6, 6.07) is 4.76. The number of nitrogens with zero attached hydrogens (tertiary/aromatic N) is 1. The molecule has 138 valence electrons. The van der Waals surface area contributed by atoms with E-state index in [4.69, 9.17) is 4.42 Å². The van der Waals surface area contributed by atoms with Crippen molar-refractivity contribution in [2.45, 2.75) is 52.0 Å². The topological polar surface area (TPSA) is 79.6 Å². The van der Waals surface area contributed by atoms with E-state index in [1.165, 1.54) is 10.4 Å². The summed E-state index contributed by atoms with van der Waals surface area (Å²) in [5.74, 6) is -0.0520. The first kappa shape index (κ1) is 19.5. The van der Waals surface area contributed by atoms with Gasteiger partial charge in [-0.15, -0.1) is 0 Å². The first-order chi connectivity index (χ1) is 11.8. The molecular weight excluding hydrogens is 340 g/mol. The number of rotatable bonds is 7. The lowest BCUT2D eigenvalue weighted by Crippen LogP contribution is -2.32. The molecule has 0 aliphatic rings. The smallest absolute Gasteiger partial charge is 0.287 e. The zero-order valence-electron chi connectivity index (χ0n) is 15.4. The predicted molar refractivity (Wildman–Crippen MR) is 98.3 cm³/mol. The Kier molecular flexibility index (Phi) is 5.90. The van der Waals surface area contributed by atoms with Gasteiger partial charge in [0.2, 0.25) is 10.0 Å². The van der Waals surface area contributed by atoms with Crippen molar-refractivity contribution in [2.24, 2.45) is 0 Å². The number of hydrogen-bond donors (Lipinski definition) is 1. The van der Waals surface area contributed by atoms with Crippen molar-refractivity contribution in [3.05, 3.63) is 29.5 Å². The van der Waals surface area contributed by atoms with Gasteiger partial charge >= 0.3 is 0 Å². The maximum Gasteiger partial charge on any atom is 0.287 e. The van der Waals surface area contributed by atoms with Gasteiger partial charge in [0, 0.05) is 30.1 Å². The molecule has 1 atom stereocenters. The van der Waals surface area contributed by atoms with E-state index in [2.05, 4.69) is 5.32 Å². The second-order valence-corrected chi connectivity index (χ2v) is 8.02. The highest BCUT2D eigenvalue weighted by Gasteiger charge is 2.24. The van der Waals surface area contributed by atoms with Crippen LogP contribution >= 0.6 is 0 Å². The number of benzene rings is 1. The Labute approximate surface area is 149 Å². The molecule has 1 unspecified atom stereocenters. The summed E-state index contributed by atoms with van der Waals surface area (Å²) in [7, 11) is -3.55. The van der Waals surface area contributed by atoms with Crippen LogP contribution < -0.4 is 5.32 Å². The molecule has 0 aliphatic heterocycles. The number of furan rings is 1. The number of fused-ring (bicyclic) bond motifs is 1. The van der Waals surface area contributed by atoms with Crippen LogP contribution in [0.25, 0.3) is 11.0 Å². The van der Waals surface area contributed by atoms with E-state index in [0.29, 0.717) is 29.6 Å². The molecule has 0 aliphatic carbocycles. The molecule has 2 rings (SSSR count). The summed E-state index contributed by atoms with van der Waals surface area (Å²) in [5.41, 5.74) is 1.15. The van der Waals surface area contributed by atoms with E-state index >= 15 is 0 Å². The molecule has 0 bridgehead atoms. The lowest BCUT2D eigenvalue weighted by atomic mass is 10.1. The van der Waals surface area contributed by atoms with E-state index in [-0.39, 0.29) is 22.6 Å². The van der Waals surface area contributed by atoms with Gasteiger partial charge in [-0.25, -0.2) is 8.42 Å². The third-order valence-electron chi connectivity index (χ3n) is 4.45. The van der Waals surface area contributed by atoms with Crippen LogP contribution in [0.1, 0.15) is 50.2 Å². The Morgan fingerprint density at radius 1 is 1.24 bits per heavy atom. The van der Waals surface area contributed by atoms with E-state index in [0.717, 1.165) is 6.42 Å². The van der Waals surface area contributed by atoms with Crippen LogP contribution in [0.5, 0.6) is 0 Å². The van der Waals surface area contributed by atoms with Crippen LogP contribution in [0.3, 0.4) is 0 Å². The number of nitrogens with one attached hydrogen (secondary N) is 1. The molecule has 1 N–H and O–H groups in total. The molecule has 7 heteroatoms. The molecule has 1 heterocycles. The third-order valence-corrected chi connectivity index (χ3v) is 6.49. The molecule has 0 fully saturated rings. The lowest BCUT2D eigenvalue weighted by molar-refractivity contribution is 0.0912. The zero-order chi connectivity index (χ0) is 18.8. The summed E-state index contributed by atoms with van der Waals surface area (Å²) in [6.07, 6.45) is 0.817. The molecule has 0 radical (unpaired) electrons. The zero-order valence-corrected chi connectivity index (χ0v) is 16.2. The highest BCUT2D eigenvalue weighted by atomic mass is 32.2. The maximum atomic E-state index is 12.7. The number of amides is 1. The summed E-state index contributed by atoms with van der Waals surface area (Å²) in [5, 5.41) is 3.51. The normalized spacial score (nSPS) is 13.4. The largest absolute Gasteiger partial charge is 0.451 e. The predicted octanol–water partition coefficient (Wildman–Crippen LogP) is 3.30. The third kappa shape index (κ3) is 3.72. The minimum atomic E-state index is -3.55. The monoisotopic (exact) mass is 366 g/mol. The minimum Gasteiger partial charge on any atom is -0.451 e. The van der Waals surface area contributed by atoms with Crippen molar-refractivity contribution in [1.82, 2.24) is 9.62 Å². The Morgan fingerprint density at radius 2 is 1.88 bits per heavy atom. The van der Waals surface area contributed by atoms with Crippen LogP contribution in [0.15, 0.2) is 27.5 Å².